The molecule has 1 saturated carbocycles. The van der Waals surface area contributed by atoms with Crippen molar-refractivity contribution in [2.45, 2.75) is 18.4 Å². The van der Waals surface area contributed by atoms with Gasteiger partial charge in [-0.3, -0.25) is 0 Å². The summed E-state index contributed by atoms with van der Waals surface area (Å²) in [5.74, 6) is 0.779. The molecule has 1 aromatic carbocycles. The molecule has 0 saturated heterocycles. The first-order chi connectivity index (χ1) is 5.42. The molecule has 74 valence electrons. The van der Waals surface area contributed by atoms with Gasteiger partial charge in [0.1, 0.15) is 0 Å². The molecule has 1 aromatic rings. The van der Waals surface area contributed by atoms with Gasteiger partial charge in [-0.15, -0.1) is 24.8 Å². The van der Waals surface area contributed by atoms with Gasteiger partial charge in [0.15, 0.2) is 0 Å². The van der Waals surface area contributed by atoms with Crippen molar-refractivity contribution in [3.05, 3.63) is 35.9 Å². The molecule has 0 heterocycles. The van der Waals surface area contributed by atoms with Gasteiger partial charge in [0.2, 0.25) is 0 Å². The molecule has 2 rings (SSSR count). The Kier molecular flexibility index (Phi) is 5.38. The van der Waals surface area contributed by atoms with Crippen molar-refractivity contribution in [1.82, 2.24) is 5.32 Å². The van der Waals surface area contributed by atoms with Gasteiger partial charge in [-0.1, -0.05) is 30.3 Å². The van der Waals surface area contributed by atoms with E-state index < -0.39 is 0 Å². The lowest BCUT2D eigenvalue weighted by Gasteiger charge is -1.97. The molecule has 0 aliphatic heterocycles. The van der Waals surface area contributed by atoms with Crippen molar-refractivity contribution in [2.24, 2.45) is 0 Å². The van der Waals surface area contributed by atoms with E-state index in [1.54, 1.807) is 0 Å². The Morgan fingerprint density at radius 2 is 1.77 bits per heavy atom. The summed E-state index contributed by atoms with van der Waals surface area (Å²) in [5, 5.41) is 3.29. The van der Waals surface area contributed by atoms with E-state index in [0.29, 0.717) is 0 Å². The van der Waals surface area contributed by atoms with E-state index in [1.165, 1.54) is 12.0 Å². The van der Waals surface area contributed by atoms with Crippen LogP contribution in [0.1, 0.15) is 17.9 Å². The first-order valence-corrected chi connectivity index (χ1v) is 4.14. The second-order valence-corrected chi connectivity index (χ2v) is 3.15. The third kappa shape index (κ3) is 2.87. The van der Waals surface area contributed by atoms with Crippen LogP contribution in [0.5, 0.6) is 0 Å². The van der Waals surface area contributed by atoms with E-state index in [9.17, 15) is 0 Å². The third-order valence-electron chi connectivity index (χ3n) is 2.39. The number of halogens is 2. The lowest BCUT2D eigenvalue weighted by Crippen LogP contribution is -2.09. The van der Waals surface area contributed by atoms with Gasteiger partial charge < -0.3 is 5.32 Å². The normalized spacial score (nSPS) is 24.1. The quantitative estimate of drug-likeness (QED) is 0.807. The molecule has 13 heavy (non-hydrogen) atoms. The molecule has 0 bridgehead atoms. The maximum absolute atomic E-state index is 3.29. The van der Waals surface area contributed by atoms with Crippen LogP contribution < -0.4 is 5.32 Å². The predicted octanol–water partition coefficient (Wildman–Crippen LogP) is 2.61. The maximum Gasteiger partial charge on any atom is 0.0140 e. The largest absolute Gasteiger partial charge is 0.316 e. The Bertz CT molecular complexity index is 238. The number of hydrogen-bond donors (Lipinski definition) is 1. The van der Waals surface area contributed by atoms with E-state index in [4.69, 9.17) is 0 Å². The highest BCUT2D eigenvalue weighted by atomic mass is 35.5. The maximum atomic E-state index is 3.29. The van der Waals surface area contributed by atoms with Crippen molar-refractivity contribution in [3.8, 4) is 0 Å². The lowest BCUT2D eigenvalue weighted by molar-refractivity contribution is 0.783. The molecule has 2 unspecified atom stereocenters. The van der Waals surface area contributed by atoms with E-state index >= 15 is 0 Å². The minimum atomic E-state index is 0. The molecular formula is C10H15Cl2N. The molecule has 1 aliphatic carbocycles. The molecule has 1 nitrogen and oxygen atoms in total. The van der Waals surface area contributed by atoms with Crippen LogP contribution in [-0.4, -0.2) is 13.1 Å². The molecule has 1 aliphatic rings. The summed E-state index contributed by atoms with van der Waals surface area (Å²) in [6.07, 6.45) is 1.31. The van der Waals surface area contributed by atoms with E-state index in [1.807, 2.05) is 7.05 Å². The van der Waals surface area contributed by atoms with Crippen molar-refractivity contribution >= 4 is 24.8 Å². The van der Waals surface area contributed by atoms with Crippen LogP contribution in [0, 0.1) is 0 Å². The van der Waals surface area contributed by atoms with Crippen molar-refractivity contribution in [1.29, 1.82) is 0 Å². The van der Waals surface area contributed by atoms with Crippen LogP contribution in [0.25, 0.3) is 0 Å². The molecule has 0 spiro atoms. The molecule has 3 heteroatoms. The Morgan fingerprint density at radius 3 is 2.23 bits per heavy atom. The fourth-order valence-electron chi connectivity index (χ4n) is 1.58. The standard InChI is InChI=1S/C10H13N.2ClH/c1-11-10-7-9(10)8-5-3-2-4-6-8;;/h2-6,9-11H,7H2,1H3;2*1H. The summed E-state index contributed by atoms with van der Waals surface area (Å²) < 4.78 is 0. The summed E-state index contributed by atoms with van der Waals surface area (Å²) in [4.78, 5) is 0. The number of benzene rings is 1. The van der Waals surface area contributed by atoms with Crippen molar-refractivity contribution in [2.75, 3.05) is 7.05 Å². The highest BCUT2D eigenvalue weighted by Gasteiger charge is 2.36. The zero-order chi connectivity index (χ0) is 7.68. The van der Waals surface area contributed by atoms with Crippen LogP contribution in [-0.2, 0) is 0 Å². The minimum Gasteiger partial charge on any atom is -0.316 e. The Balaban J connectivity index is 0.000000720. The second-order valence-electron chi connectivity index (χ2n) is 3.15. The summed E-state index contributed by atoms with van der Waals surface area (Å²) in [7, 11) is 2.04. The Hall–Kier alpha value is -0.240. The zero-order valence-corrected chi connectivity index (χ0v) is 9.20. The van der Waals surface area contributed by atoms with Gasteiger partial charge in [-0.25, -0.2) is 0 Å². The van der Waals surface area contributed by atoms with Crippen LogP contribution in [0.15, 0.2) is 30.3 Å². The van der Waals surface area contributed by atoms with E-state index in [-0.39, 0.29) is 24.8 Å². The third-order valence-corrected chi connectivity index (χ3v) is 2.39. The van der Waals surface area contributed by atoms with Crippen LogP contribution in [0.3, 0.4) is 0 Å². The first-order valence-electron chi connectivity index (χ1n) is 4.14. The fraction of sp³-hybridized carbons (Fsp3) is 0.400. The number of nitrogens with one attached hydrogen (secondary N) is 1. The molecule has 1 N–H and O–H groups in total. The zero-order valence-electron chi connectivity index (χ0n) is 7.57. The van der Waals surface area contributed by atoms with E-state index in [0.717, 1.165) is 12.0 Å². The number of likely N-dealkylation sites (N-methyl/N-ethyl adjacent to an activating group) is 1. The minimum absolute atomic E-state index is 0. The van der Waals surface area contributed by atoms with Gasteiger partial charge >= 0.3 is 0 Å². The number of hydrogen-bond acceptors (Lipinski definition) is 1. The highest BCUT2D eigenvalue weighted by molar-refractivity contribution is 5.85. The number of rotatable bonds is 2. The summed E-state index contributed by atoms with van der Waals surface area (Å²) >= 11 is 0. The van der Waals surface area contributed by atoms with Crippen LogP contribution in [0.2, 0.25) is 0 Å². The van der Waals surface area contributed by atoms with Gasteiger partial charge in [0.25, 0.3) is 0 Å². The van der Waals surface area contributed by atoms with Crippen LogP contribution in [0.4, 0.5) is 0 Å². The monoisotopic (exact) mass is 219 g/mol. The smallest absolute Gasteiger partial charge is 0.0140 e. The second kappa shape index (κ2) is 5.48. The summed E-state index contributed by atoms with van der Waals surface area (Å²) in [6.45, 7) is 0. The average molecular weight is 220 g/mol. The van der Waals surface area contributed by atoms with E-state index in [2.05, 4.69) is 35.6 Å². The van der Waals surface area contributed by atoms with Gasteiger partial charge in [-0.05, 0) is 19.0 Å². The summed E-state index contributed by atoms with van der Waals surface area (Å²) in [6, 6.07) is 11.4. The molecular weight excluding hydrogens is 205 g/mol. The lowest BCUT2D eigenvalue weighted by atomic mass is 10.1. The van der Waals surface area contributed by atoms with Crippen molar-refractivity contribution in [3.63, 3.8) is 0 Å². The first kappa shape index (κ1) is 12.8. The van der Waals surface area contributed by atoms with Crippen LogP contribution >= 0.6 is 24.8 Å². The topological polar surface area (TPSA) is 12.0 Å². The molecule has 0 radical (unpaired) electrons. The Morgan fingerprint density at radius 1 is 1.15 bits per heavy atom. The predicted molar refractivity (Wildman–Crippen MR) is 61.1 cm³/mol. The fourth-order valence-corrected chi connectivity index (χ4v) is 1.58. The van der Waals surface area contributed by atoms with Crippen molar-refractivity contribution < 1.29 is 0 Å². The average Bonchev–Trinajstić information content (AvgIpc) is 2.85. The molecule has 0 aromatic heterocycles. The SMILES string of the molecule is CNC1CC1c1ccccc1.Cl.Cl. The highest BCUT2D eigenvalue weighted by Crippen LogP contribution is 2.39. The molecule has 0 amide bonds. The van der Waals surface area contributed by atoms with Gasteiger partial charge in [0.05, 0.1) is 0 Å². The molecule has 2 atom stereocenters. The summed E-state index contributed by atoms with van der Waals surface area (Å²) in [5.41, 5.74) is 1.48. The molecule has 1 fully saturated rings. The van der Waals surface area contributed by atoms with Gasteiger partial charge in [0, 0.05) is 12.0 Å². The van der Waals surface area contributed by atoms with Gasteiger partial charge in [-0.2, -0.15) is 0 Å². The Labute approximate surface area is 91.7 Å².